The average molecular weight is 267 g/mol. The Bertz CT molecular complexity index is 509. The van der Waals surface area contributed by atoms with E-state index < -0.39 is 5.97 Å². The molecule has 0 unspecified atom stereocenters. The second-order valence-corrected chi connectivity index (χ2v) is 4.26. The van der Waals surface area contributed by atoms with Crippen molar-refractivity contribution in [1.29, 1.82) is 0 Å². The summed E-state index contributed by atoms with van der Waals surface area (Å²) in [5.41, 5.74) is 2.04. The molecule has 0 atom stereocenters. The molecule has 0 radical (unpaired) electrons. The lowest BCUT2D eigenvalue weighted by molar-refractivity contribution is 0.0591. The number of nitrogens with zero attached hydrogens (tertiary/aromatic N) is 3. The van der Waals surface area contributed by atoms with Gasteiger partial charge in [-0.25, -0.2) is 9.59 Å². The Kier molecular flexibility index (Phi) is 3.73. The Morgan fingerprint density at radius 2 is 2.16 bits per heavy atom. The minimum atomic E-state index is -0.443. The molecule has 0 aliphatic carbocycles. The first-order chi connectivity index (χ1) is 9.08. The maximum atomic E-state index is 11.7. The Hall–Kier alpha value is -2.05. The van der Waals surface area contributed by atoms with Gasteiger partial charge in [0.1, 0.15) is 0 Å². The van der Waals surface area contributed by atoms with E-state index >= 15 is 0 Å². The summed E-state index contributed by atoms with van der Waals surface area (Å²) >= 11 is 0. The first kappa shape index (κ1) is 13.4. The molecule has 7 nitrogen and oxygen atoms in total. The van der Waals surface area contributed by atoms with Crippen LogP contribution in [0.15, 0.2) is 0 Å². The Morgan fingerprint density at radius 3 is 2.79 bits per heavy atom. The van der Waals surface area contributed by atoms with E-state index in [2.05, 4.69) is 5.10 Å². The van der Waals surface area contributed by atoms with Crippen LogP contribution in [0.3, 0.4) is 0 Å². The molecular weight excluding hydrogens is 250 g/mol. The van der Waals surface area contributed by atoms with Crippen LogP contribution < -0.4 is 0 Å². The zero-order valence-corrected chi connectivity index (χ0v) is 11.3. The van der Waals surface area contributed by atoms with Gasteiger partial charge in [0, 0.05) is 19.2 Å². The van der Waals surface area contributed by atoms with Crippen LogP contribution in [-0.4, -0.2) is 47.0 Å². The van der Waals surface area contributed by atoms with Gasteiger partial charge in [-0.3, -0.25) is 4.68 Å². The molecule has 7 heteroatoms. The molecule has 1 amide bonds. The monoisotopic (exact) mass is 267 g/mol. The van der Waals surface area contributed by atoms with Gasteiger partial charge in [0.2, 0.25) is 0 Å². The fraction of sp³-hybridized carbons (Fsp3) is 0.583. The number of amides is 1. The second-order valence-electron chi connectivity index (χ2n) is 4.26. The van der Waals surface area contributed by atoms with E-state index in [9.17, 15) is 9.59 Å². The van der Waals surface area contributed by atoms with E-state index in [0.29, 0.717) is 31.8 Å². The molecule has 0 bridgehead atoms. The smallest absolute Gasteiger partial charge is 0.410 e. The van der Waals surface area contributed by atoms with Gasteiger partial charge in [-0.15, -0.1) is 0 Å². The summed E-state index contributed by atoms with van der Waals surface area (Å²) in [4.78, 5) is 24.9. The molecule has 19 heavy (non-hydrogen) atoms. The quantitative estimate of drug-likeness (QED) is 0.738. The number of carbonyl (C=O) groups excluding carboxylic acids is 2. The molecule has 0 aromatic carbocycles. The number of aryl methyl sites for hydroxylation is 1. The van der Waals surface area contributed by atoms with Crippen LogP contribution in [0.2, 0.25) is 0 Å². The Labute approximate surface area is 111 Å². The fourth-order valence-electron chi connectivity index (χ4n) is 2.20. The molecule has 2 rings (SSSR count). The summed E-state index contributed by atoms with van der Waals surface area (Å²) in [6.07, 6.45) is 0.237. The molecule has 0 fully saturated rings. The highest BCUT2D eigenvalue weighted by molar-refractivity contribution is 5.89. The van der Waals surface area contributed by atoms with Crippen LogP contribution in [0.25, 0.3) is 0 Å². The van der Waals surface area contributed by atoms with Crippen molar-refractivity contribution in [2.75, 3.05) is 20.3 Å². The van der Waals surface area contributed by atoms with Crippen LogP contribution >= 0.6 is 0 Å². The number of hydrogen-bond acceptors (Lipinski definition) is 5. The largest absolute Gasteiger partial charge is 0.464 e. The highest BCUT2D eigenvalue weighted by atomic mass is 16.6. The molecule has 2 heterocycles. The number of ether oxygens (including phenoxy) is 2. The van der Waals surface area contributed by atoms with Crippen molar-refractivity contribution in [3.05, 3.63) is 17.0 Å². The van der Waals surface area contributed by atoms with E-state index in [1.807, 2.05) is 0 Å². The van der Waals surface area contributed by atoms with Gasteiger partial charge >= 0.3 is 12.1 Å². The van der Waals surface area contributed by atoms with Crippen molar-refractivity contribution in [3.8, 4) is 0 Å². The lowest BCUT2D eigenvalue weighted by atomic mass is 10.0. The van der Waals surface area contributed by atoms with Crippen LogP contribution in [-0.2, 0) is 29.5 Å². The van der Waals surface area contributed by atoms with Crippen LogP contribution in [0.1, 0.15) is 28.7 Å². The highest BCUT2D eigenvalue weighted by Crippen LogP contribution is 2.22. The third-order valence-electron chi connectivity index (χ3n) is 3.15. The van der Waals surface area contributed by atoms with Crippen molar-refractivity contribution in [2.24, 2.45) is 7.05 Å². The van der Waals surface area contributed by atoms with Crippen molar-refractivity contribution in [3.63, 3.8) is 0 Å². The zero-order valence-electron chi connectivity index (χ0n) is 11.3. The number of rotatable bonds is 2. The summed E-state index contributed by atoms with van der Waals surface area (Å²) < 4.78 is 11.3. The van der Waals surface area contributed by atoms with Crippen molar-refractivity contribution < 1.29 is 19.1 Å². The molecule has 0 saturated carbocycles. The standard InChI is InChI=1S/C12H17N3O4/c1-4-19-12(17)15-6-5-8-9(7-15)14(2)13-10(8)11(16)18-3/h4-7H2,1-3H3. The number of fused-ring (bicyclic) bond motifs is 1. The minimum Gasteiger partial charge on any atom is -0.464 e. The first-order valence-corrected chi connectivity index (χ1v) is 6.13. The van der Waals surface area contributed by atoms with Gasteiger partial charge in [-0.1, -0.05) is 0 Å². The SMILES string of the molecule is CCOC(=O)N1CCc2c(C(=O)OC)nn(C)c2C1. The molecular formula is C12H17N3O4. The first-order valence-electron chi connectivity index (χ1n) is 6.13. The van der Waals surface area contributed by atoms with E-state index in [0.717, 1.165) is 11.3 Å². The topological polar surface area (TPSA) is 73.7 Å². The summed E-state index contributed by atoms with van der Waals surface area (Å²) in [6.45, 7) is 3.03. The van der Waals surface area contributed by atoms with Crippen molar-refractivity contribution in [1.82, 2.24) is 14.7 Å². The van der Waals surface area contributed by atoms with Gasteiger partial charge in [-0.2, -0.15) is 5.10 Å². The van der Waals surface area contributed by atoms with E-state index in [1.165, 1.54) is 7.11 Å². The summed E-state index contributed by atoms with van der Waals surface area (Å²) in [5, 5.41) is 4.17. The molecule has 1 aliphatic rings. The van der Waals surface area contributed by atoms with Gasteiger partial charge in [-0.05, 0) is 13.3 Å². The fourth-order valence-corrected chi connectivity index (χ4v) is 2.20. The van der Waals surface area contributed by atoms with E-state index in [4.69, 9.17) is 9.47 Å². The normalized spacial score (nSPS) is 13.9. The number of hydrogen-bond donors (Lipinski definition) is 0. The predicted octanol–water partition coefficient (Wildman–Crippen LogP) is 0.721. The van der Waals surface area contributed by atoms with Gasteiger partial charge in [0.25, 0.3) is 0 Å². The maximum absolute atomic E-state index is 11.7. The van der Waals surface area contributed by atoms with Crippen molar-refractivity contribution >= 4 is 12.1 Å². The minimum absolute atomic E-state index is 0.337. The number of esters is 1. The number of methoxy groups -OCH3 is 1. The van der Waals surface area contributed by atoms with Crippen LogP contribution in [0.4, 0.5) is 4.79 Å². The Balaban J connectivity index is 2.24. The van der Waals surface area contributed by atoms with E-state index in [1.54, 1.807) is 23.6 Å². The molecule has 1 aliphatic heterocycles. The summed E-state index contributed by atoms with van der Waals surface area (Å²) in [5.74, 6) is -0.443. The predicted molar refractivity (Wildman–Crippen MR) is 65.7 cm³/mol. The lowest BCUT2D eigenvalue weighted by Crippen LogP contribution is -2.37. The molecule has 1 aromatic rings. The van der Waals surface area contributed by atoms with Crippen LogP contribution in [0.5, 0.6) is 0 Å². The summed E-state index contributed by atoms with van der Waals surface area (Å²) in [7, 11) is 3.08. The molecule has 0 spiro atoms. The van der Waals surface area contributed by atoms with Crippen LogP contribution in [0, 0.1) is 0 Å². The van der Waals surface area contributed by atoms with E-state index in [-0.39, 0.29) is 6.09 Å². The number of aromatic nitrogens is 2. The van der Waals surface area contributed by atoms with Gasteiger partial charge < -0.3 is 14.4 Å². The molecule has 1 aromatic heterocycles. The molecule has 0 N–H and O–H groups in total. The molecule has 0 saturated heterocycles. The Morgan fingerprint density at radius 1 is 1.42 bits per heavy atom. The number of carbonyl (C=O) groups is 2. The third kappa shape index (κ3) is 2.40. The second kappa shape index (κ2) is 5.29. The maximum Gasteiger partial charge on any atom is 0.410 e. The lowest BCUT2D eigenvalue weighted by Gasteiger charge is -2.26. The van der Waals surface area contributed by atoms with Gasteiger partial charge in [0.05, 0.1) is 26.0 Å². The third-order valence-corrected chi connectivity index (χ3v) is 3.15. The van der Waals surface area contributed by atoms with Gasteiger partial charge in [0.15, 0.2) is 5.69 Å². The van der Waals surface area contributed by atoms with Crippen molar-refractivity contribution in [2.45, 2.75) is 19.9 Å². The summed E-state index contributed by atoms with van der Waals surface area (Å²) in [6, 6.07) is 0. The average Bonchev–Trinajstić information content (AvgIpc) is 2.75. The zero-order chi connectivity index (χ0) is 14.0. The highest BCUT2D eigenvalue weighted by Gasteiger charge is 2.29. The molecule has 104 valence electrons.